The fraction of sp³-hybridized carbons (Fsp3) is 0.727. The molecule has 314 valence electrons. The maximum Gasteiger partial charge on any atom is 0.326 e. The number of nitrogens with two attached hydrogens (primary N) is 3. The lowest BCUT2D eigenvalue weighted by molar-refractivity contribution is -0.143. The number of aliphatic hydroxyl groups is 1. The predicted octanol–water partition coefficient (Wildman–Crippen LogP) is -4.04. The summed E-state index contributed by atoms with van der Waals surface area (Å²) in [5.41, 5.74) is 16.7. The number of hydrogen-bond acceptors (Lipinski definition) is 13. The molecule has 0 aromatic rings. The van der Waals surface area contributed by atoms with Gasteiger partial charge in [0.15, 0.2) is 0 Å². The predicted molar refractivity (Wildman–Crippen MR) is 194 cm³/mol. The van der Waals surface area contributed by atoms with E-state index in [4.69, 9.17) is 22.3 Å². The second-order valence-corrected chi connectivity index (χ2v) is 13.1. The van der Waals surface area contributed by atoms with Gasteiger partial charge in [-0.25, -0.2) is 4.79 Å². The van der Waals surface area contributed by atoms with Crippen molar-refractivity contribution in [3.8, 4) is 0 Å². The van der Waals surface area contributed by atoms with Crippen molar-refractivity contribution >= 4 is 53.4 Å². The lowest BCUT2D eigenvalue weighted by Gasteiger charge is -2.28. The Morgan fingerprint density at radius 3 is 1.58 bits per heavy atom. The number of hydrogen-bond donors (Lipinski definition) is 13. The number of carboxylic acid groups (broad SMARTS) is 3. The van der Waals surface area contributed by atoms with Gasteiger partial charge in [0.2, 0.25) is 35.4 Å². The molecular weight excluding hydrogens is 730 g/mol. The Balaban J connectivity index is 5.96. The summed E-state index contributed by atoms with van der Waals surface area (Å²) < 4.78 is 0. The summed E-state index contributed by atoms with van der Waals surface area (Å²) in [6, 6.07) is -8.57. The minimum Gasteiger partial charge on any atom is -0.481 e. The van der Waals surface area contributed by atoms with Crippen molar-refractivity contribution in [3.05, 3.63) is 0 Å². The summed E-state index contributed by atoms with van der Waals surface area (Å²) in [5, 5.41) is 51.5. The lowest BCUT2D eigenvalue weighted by Crippen LogP contribution is -2.60. The average molecular weight is 790 g/mol. The minimum atomic E-state index is -1.68. The molecule has 16 N–H and O–H groups in total. The molecule has 0 heterocycles. The van der Waals surface area contributed by atoms with Crippen molar-refractivity contribution in [1.82, 2.24) is 31.9 Å². The van der Waals surface area contributed by atoms with E-state index >= 15 is 0 Å². The van der Waals surface area contributed by atoms with E-state index in [1.165, 1.54) is 6.92 Å². The van der Waals surface area contributed by atoms with Crippen LogP contribution in [0.5, 0.6) is 0 Å². The molecule has 0 spiro atoms. The molecule has 8 atom stereocenters. The molecule has 55 heavy (non-hydrogen) atoms. The van der Waals surface area contributed by atoms with Crippen LogP contribution in [0.3, 0.4) is 0 Å². The van der Waals surface area contributed by atoms with E-state index in [1.54, 1.807) is 13.8 Å². The fourth-order valence-electron chi connectivity index (χ4n) is 4.94. The van der Waals surface area contributed by atoms with Gasteiger partial charge >= 0.3 is 17.9 Å². The molecule has 0 radical (unpaired) electrons. The van der Waals surface area contributed by atoms with Gasteiger partial charge in [0.1, 0.15) is 36.3 Å². The van der Waals surface area contributed by atoms with E-state index in [0.717, 1.165) is 0 Å². The smallest absolute Gasteiger partial charge is 0.326 e. The van der Waals surface area contributed by atoms with Gasteiger partial charge in [0, 0.05) is 6.42 Å². The van der Waals surface area contributed by atoms with Gasteiger partial charge in [-0.05, 0) is 70.9 Å². The van der Waals surface area contributed by atoms with E-state index in [0.29, 0.717) is 32.1 Å². The molecule has 0 aromatic carbocycles. The molecule has 6 amide bonds. The Kier molecular flexibility index (Phi) is 24.4. The SMILES string of the molecule is CCC(C)C(NC(=O)C(CC(=O)O)NC(=O)C(N)C(C)O)C(=O)NC(CCCCN)C(=O)NCC(=O)NC(CCCCN)C(=O)NC(CCC(=O)O)C(=O)O. The zero-order valence-corrected chi connectivity index (χ0v) is 31.5. The first-order chi connectivity index (χ1) is 25.8. The summed E-state index contributed by atoms with van der Waals surface area (Å²) in [4.78, 5) is 112. The zero-order chi connectivity index (χ0) is 42.2. The van der Waals surface area contributed by atoms with Crippen molar-refractivity contribution in [2.45, 2.75) is 127 Å². The summed E-state index contributed by atoms with van der Waals surface area (Å²) in [6.45, 7) is 4.39. The van der Waals surface area contributed by atoms with Crippen LogP contribution in [0.15, 0.2) is 0 Å². The number of carbonyl (C=O) groups is 9. The Morgan fingerprint density at radius 2 is 1.11 bits per heavy atom. The molecule has 22 heteroatoms. The number of aliphatic carboxylic acids is 3. The lowest BCUT2D eigenvalue weighted by atomic mass is 9.96. The van der Waals surface area contributed by atoms with Gasteiger partial charge in [-0.1, -0.05) is 20.3 Å². The Bertz CT molecular complexity index is 1320. The molecule has 0 aliphatic rings. The van der Waals surface area contributed by atoms with Crippen LogP contribution in [0.2, 0.25) is 0 Å². The topological polar surface area (TPSA) is 385 Å². The highest BCUT2D eigenvalue weighted by Gasteiger charge is 2.34. The molecular formula is C33H59N9O13. The molecule has 0 rings (SSSR count). The van der Waals surface area contributed by atoms with Crippen molar-refractivity contribution in [2.75, 3.05) is 19.6 Å². The number of rotatable bonds is 29. The zero-order valence-electron chi connectivity index (χ0n) is 31.5. The van der Waals surface area contributed by atoms with E-state index in [1.807, 2.05) is 0 Å². The van der Waals surface area contributed by atoms with Gasteiger partial charge in [-0.3, -0.25) is 38.4 Å². The van der Waals surface area contributed by atoms with Gasteiger partial charge in [0.25, 0.3) is 0 Å². The summed E-state index contributed by atoms with van der Waals surface area (Å²) >= 11 is 0. The third kappa shape index (κ3) is 20.4. The monoisotopic (exact) mass is 789 g/mol. The Labute approximate surface area is 318 Å². The second-order valence-electron chi connectivity index (χ2n) is 13.1. The standard InChI is InChI=1S/C33H59N9O13/c1-4-17(2)27(42-30(51)22(15-25(47)48)41-31(52)26(36)18(3)43)32(53)39-19(9-5-7-13-34)28(49)37-16-23(44)38-20(10-6-8-14-35)29(50)40-21(33(54)55)11-12-24(45)46/h17-22,26-27,43H,4-16,34-36H2,1-3H3,(H,37,49)(H,38,44)(H,39,53)(H,40,50)(H,41,52)(H,42,51)(H,45,46)(H,47,48)(H,54,55). The number of amides is 6. The molecule has 0 aliphatic carbocycles. The van der Waals surface area contributed by atoms with Crippen LogP contribution in [0.1, 0.15) is 85.0 Å². The third-order valence-electron chi connectivity index (χ3n) is 8.49. The van der Waals surface area contributed by atoms with Crippen molar-refractivity contribution in [1.29, 1.82) is 0 Å². The fourth-order valence-corrected chi connectivity index (χ4v) is 4.94. The maximum absolute atomic E-state index is 13.6. The largest absolute Gasteiger partial charge is 0.481 e. The van der Waals surface area contributed by atoms with Crippen LogP contribution in [0.4, 0.5) is 0 Å². The maximum atomic E-state index is 13.6. The molecule has 8 unspecified atom stereocenters. The van der Waals surface area contributed by atoms with Gasteiger partial charge < -0.3 is 69.5 Å². The van der Waals surface area contributed by atoms with Gasteiger partial charge in [-0.15, -0.1) is 0 Å². The van der Waals surface area contributed by atoms with E-state index in [9.17, 15) is 58.5 Å². The number of carbonyl (C=O) groups excluding carboxylic acids is 6. The first kappa shape index (κ1) is 50.1. The van der Waals surface area contributed by atoms with E-state index < -0.39 is 127 Å². The van der Waals surface area contributed by atoms with Crippen LogP contribution < -0.4 is 49.1 Å². The second kappa shape index (κ2) is 26.8. The van der Waals surface area contributed by atoms with Crippen LogP contribution in [0.25, 0.3) is 0 Å². The molecule has 0 aromatic heterocycles. The first-order valence-corrected chi connectivity index (χ1v) is 18.1. The highest BCUT2D eigenvalue weighted by Crippen LogP contribution is 2.11. The molecule has 0 fully saturated rings. The van der Waals surface area contributed by atoms with E-state index in [2.05, 4.69) is 31.9 Å². The Morgan fingerprint density at radius 1 is 0.600 bits per heavy atom. The number of nitrogens with one attached hydrogen (secondary N) is 6. The van der Waals surface area contributed by atoms with E-state index in [-0.39, 0.29) is 25.9 Å². The van der Waals surface area contributed by atoms with Crippen molar-refractivity contribution in [3.63, 3.8) is 0 Å². The van der Waals surface area contributed by atoms with Crippen molar-refractivity contribution < 1.29 is 63.6 Å². The number of unbranched alkanes of at least 4 members (excludes halogenated alkanes) is 2. The highest BCUT2D eigenvalue weighted by atomic mass is 16.4. The minimum absolute atomic E-state index is 0.0405. The average Bonchev–Trinajstić information content (AvgIpc) is 3.11. The van der Waals surface area contributed by atoms with Gasteiger partial charge in [0.05, 0.1) is 19.1 Å². The van der Waals surface area contributed by atoms with Gasteiger partial charge in [-0.2, -0.15) is 0 Å². The summed E-state index contributed by atoms with van der Waals surface area (Å²) in [7, 11) is 0. The highest BCUT2D eigenvalue weighted by molar-refractivity contribution is 5.97. The van der Waals surface area contributed by atoms with Crippen LogP contribution in [-0.4, -0.2) is 136 Å². The number of carboxylic acids is 3. The molecule has 22 nitrogen and oxygen atoms in total. The number of aliphatic hydroxyl groups excluding tert-OH is 1. The van der Waals surface area contributed by atoms with Crippen LogP contribution in [-0.2, 0) is 43.2 Å². The molecule has 0 aliphatic heterocycles. The third-order valence-corrected chi connectivity index (χ3v) is 8.49. The van der Waals surface area contributed by atoms with Crippen LogP contribution in [0, 0.1) is 5.92 Å². The van der Waals surface area contributed by atoms with Crippen molar-refractivity contribution in [2.24, 2.45) is 23.1 Å². The molecule has 0 saturated carbocycles. The normalized spacial score (nSPS) is 15.3. The van der Waals surface area contributed by atoms with Crippen LogP contribution >= 0.6 is 0 Å². The summed E-state index contributed by atoms with van der Waals surface area (Å²) in [5.74, 6) is -10.2. The molecule has 0 bridgehead atoms. The quantitative estimate of drug-likeness (QED) is 0.0321. The molecule has 0 saturated heterocycles. The Hall–Kier alpha value is -4.93. The summed E-state index contributed by atoms with van der Waals surface area (Å²) in [6.07, 6.45) is -1.10. The first-order valence-electron chi connectivity index (χ1n) is 18.1.